The highest BCUT2D eigenvalue weighted by atomic mass is 32.2. The van der Waals surface area contributed by atoms with Crippen molar-refractivity contribution in [2.75, 3.05) is 50.5 Å². The number of thioether (sulfide) groups is 1. The van der Waals surface area contributed by atoms with Gasteiger partial charge in [-0.25, -0.2) is 22.0 Å². The fraction of sp³-hybridized carbons (Fsp3) is 0.500. The van der Waals surface area contributed by atoms with Crippen LogP contribution in [0.3, 0.4) is 0 Å². The normalized spacial score (nSPS) is 17.3. The first kappa shape index (κ1) is 34.1. The quantitative estimate of drug-likeness (QED) is 0.313. The number of amides is 1. The number of nitrogens with one attached hydrogen (secondary N) is 1. The number of likely N-dealkylation sites (N-methyl/N-ethyl adjacent to an activating group) is 1. The summed E-state index contributed by atoms with van der Waals surface area (Å²) in [6.45, 7) is 7.15. The number of morpholine rings is 1. The molecule has 10 nitrogen and oxygen atoms in total. The average molecular weight is 653 g/mol. The van der Waals surface area contributed by atoms with Crippen molar-refractivity contribution in [1.29, 1.82) is 0 Å². The number of hydrogen-bond donors (Lipinski definition) is 2. The van der Waals surface area contributed by atoms with E-state index in [2.05, 4.69) is 10.2 Å². The van der Waals surface area contributed by atoms with Gasteiger partial charge in [0.05, 0.1) is 29.8 Å². The summed E-state index contributed by atoms with van der Waals surface area (Å²) < 4.78 is 95.1. The van der Waals surface area contributed by atoms with Crippen LogP contribution in [0.2, 0.25) is 0 Å². The Kier molecular flexibility index (Phi) is 11.7. The summed E-state index contributed by atoms with van der Waals surface area (Å²) in [4.78, 5) is 16.2. The van der Waals surface area contributed by atoms with E-state index in [4.69, 9.17) is 9.88 Å². The Morgan fingerprint density at radius 3 is 2.40 bits per heavy atom. The SMILES string of the molecule is CCN(CC)CC1COCCN1C(=O)CC(CSc1ccccc1)Nc1ccc(S(N)(=O)=O)cc1S(=O)(=O)C(F)(F)F. The Morgan fingerprint density at radius 2 is 1.81 bits per heavy atom. The Balaban J connectivity index is 1.96. The van der Waals surface area contributed by atoms with Gasteiger partial charge in [0.25, 0.3) is 9.84 Å². The monoisotopic (exact) mass is 652 g/mol. The molecule has 0 spiro atoms. The lowest BCUT2D eigenvalue weighted by Gasteiger charge is -2.39. The van der Waals surface area contributed by atoms with Crippen LogP contribution in [0, 0.1) is 0 Å². The molecular formula is C26H35F3N4O6S3. The first-order valence-electron chi connectivity index (χ1n) is 13.2. The van der Waals surface area contributed by atoms with Gasteiger partial charge in [-0.3, -0.25) is 4.79 Å². The van der Waals surface area contributed by atoms with Gasteiger partial charge in [-0.05, 0) is 43.4 Å². The van der Waals surface area contributed by atoms with Crippen molar-refractivity contribution >= 4 is 43.2 Å². The van der Waals surface area contributed by atoms with Gasteiger partial charge < -0.3 is 19.9 Å². The molecule has 1 aliphatic rings. The number of primary sulfonamides is 1. The number of benzene rings is 2. The van der Waals surface area contributed by atoms with Gasteiger partial charge in [-0.15, -0.1) is 11.8 Å². The number of hydrogen-bond acceptors (Lipinski definition) is 9. The Morgan fingerprint density at radius 1 is 1.14 bits per heavy atom. The summed E-state index contributed by atoms with van der Waals surface area (Å²) in [6.07, 6.45) is -0.170. The van der Waals surface area contributed by atoms with E-state index in [9.17, 15) is 34.8 Å². The highest BCUT2D eigenvalue weighted by molar-refractivity contribution is 7.99. The summed E-state index contributed by atoms with van der Waals surface area (Å²) in [5.41, 5.74) is -6.21. The molecule has 2 atom stereocenters. The molecule has 42 heavy (non-hydrogen) atoms. The van der Waals surface area contributed by atoms with E-state index < -0.39 is 46.9 Å². The van der Waals surface area contributed by atoms with Crippen LogP contribution in [0.1, 0.15) is 20.3 Å². The summed E-state index contributed by atoms with van der Waals surface area (Å²) in [5.74, 6) is -0.0912. The number of sulfonamides is 1. The smallest absolute Gasteiger partial charge is 0.380 e. The van der Waals surface area contributed by atoms with Gasteiger partial charge in [-0.2, -0.15) is 13.2 Å². The maximum absolute atomic E-state index is 13.6. The minimum absolute atomic E-state index is 0.170. The van der Waals surface area contributed by atoms with E-state index in [0.717, 1.165) is 30.1 Å². The molecule has 2 aromatic rings. The van der Waals surface area contributed by atoms with Crippen LogP contribution in [0.4, 0.5) is 18.9 Å². The van der Waals surface area contributed by atoms with Gasteiger partial charge in [0, 0.05) is 36.2 Å². The number of carbonyl (C=O) groups is 1. The van der Waals surface area contributed by atoms with Gasteiger partial charge in [0.1, 0.15) is 4.90 Å². The molecule has 1 aliphatic heterocycles. The number of sulfone groups is 1. The fourth-order valence-electron chi connectivity index (χ4n) is 4.47. The number of rotatable bonds is 13. The van der Waals surface area contributed by atoms with Crippen molar-refractivity contribution in [3.8, 4) is 0 Å². The molecule has 0 radical (unpaired) electrons. The van der Waals surface area contributed by atoms with Crippen molar-refractivity contribution in [3.63, 3.8) is 0 Å². The third kappa shape index (κ3) is 8.83. The fourth-order valence-corrected chi connectivity index (χ4v) is 6.98. The number of halogens is 3. The standard InChI is InChI=1S/C26H35F3N4O6S3/c1-3-32(4-2)16-20-17-39-13-12-33(20)25(34)14-19(18-40-21-8-6-5-7-9-21)31-23-11-10-22(42(30,37)38)15-24(23)41(35,36)26(27,28)29/h5-11,15,19-20,31H,3-4,12-14,16-18H2,1-2H3,(H2,30,37,38). The number of nitrogens with zero attached hydrogens (tertiary/aromatic N) is 2. The van der Waals surface area contributed by atoms with Crippen molar-refractivity contribution in [1.82, 2.24) is 9.80 Å². The number of ether oxygens (including phenoxy) is 1. The van der Waals surface area contributed by atoms with Gasteiger partial charge in [-0.1, -0.05) is 32.0 Å². The van der Waals surface area contributed by atoms with Crippen LogP contribution >= 0.6 is 11.8 Å². The third-order valence-electron chi connectivity index (χ3n) is 6.76. The zero-order chi connectivity index (χ0) is 31.1. The predicted octanol–water partition coefficient (Wildman–Crippen LogP) is 3.16. The maximum atomic E-state index is 13.6. The summed E-state index contributed by atoms with van der Waals surface area (Å²) in [5, 5.41) is 7.86. The van der Waals surface area contributed by atoms with Crippen LogP contribution in [0.15, 0.2) is 63.2 Å². The van der Waals surface area contributed by atoms with E-state index >= 15 is 0 Å². The van der Waals surface area contributed by atoms with Crippen LogP contribution in [0.25, 0.3) is 0 Å². The van der Waals surface area contributed by atoms with E-state index in [1.807, 2.05) is 32.0 Å². The van der Waals surface area contributed by atoms with Crippen LogP contribution in [-0.4, -0.2) is 95.3 Å². The number of carbonyl (C=O) groups excluding carboxylic acids is 1. The number of anilines is 1. The molecule has 16 heteroatoms. The van der Waals surface area contributed by atoms with Crippen LogP contribution in [-0.2, 0) is 29.4 Å². The molecule has 1 amide bonds. The molecular weight excluding hydrogens is 618 g/mol. The molecule has 0 aliphatic carbocycles. The molecule has 2 aromatic carbocycles. The Labute approximate surface area is 248 Å². The zero-order valence-corrected chi connectivity index (χ0v) is 25.7. The van der Waals surface area contributed by atoms with Crippen molar-refractivity contribution < 1.29 is 39.5 Å². The minimum atomic E-state index is -5.99. The van der Waals surface area contributed by atoms with Gasteiger partial charge in [0.15, 0.2) is 0 Å². The Hall–Kier alpha value is -2.37. The Bertz CT molecular complexity index is 1420. The highest BCUT2D eigenvalue weighted by Gasteiger charge is 2.48. The second-order valence-corrected chi connectivity index (χ2v) is 14.2. The molecule has 2 unspecified atom stereocenters. The molecule has 1 saturated heterocycles. The van der Waals surface area contributed by atoms with Gasteiger partial charge in [0.2, 0.25) is 15.9 Å². The van der Waals surface area contributed by atoms with Crippen molar-refractivity contribution in [3.05, 3.63) is 48.5 Å². The third-order valence-corrected chi connectivity index (χ3v) is 10.4. The lowest BCUT2D eigenvalue weighted by molar-refractivity contribution is -0.140. The topological polar surface area (TPSA) is 139 Å². The second-order valence-electron chi connectivity index (χ2n) is 9.62. The minimum Gasteiger partial charge on any atom is -0.380 e. The second kappa shape index (κ2) is 14.4. The summed E-state index contributed by atoms with van der Waals surface area (Å²) in [6, 6.07) is 10.2. The molecule has 3 rings (SSSR count). The molecule has 0 bridgehead atoms. The first-order chi connectivity index (χ1) is 19.7. The van der Waals surface area contributed by atoms with Crippen molar-refractivity contribution in [2.24, 2.45) is 5.14 Å². The summed E-state index contributed by atoms with van der Waals surface area (Å²) >= 11 is 1.33. The van der Waals surface area contributed by atoms with E-state index in [1.54, 1.807) is 17.0 Å². The number of nitrogens with two attached hydrogens (primary N) is 1. The summed E-state index contributed by atoms with van der Waals surface area (Å²) in [7, 11) is -10.5. The van der Waals surface area contributed by atoms with E-state index in [-0.39, 0.29) is 24.1 Å². The average Bonchev–Trinajstić information content (AvgIpc) is 2.94. The predicted molar refractivity (Wildman–Crippen MR) is 154 cm³/mol. The molecule has 1 fully saturated rings. The van der Waals surface area contributed by atoms with Crippen molar-refractivity contribution in [2.45, 2.75) is 52.5 Å². The molecule has 0 saturated carbocycles. The molecule has 234 valence electrons. The maximum Gasteiger partial charge on any atom is 0.501 e. The molecule has 1 heterocycles. The first-order valence-corrected chi connectivity index (χ1v) is 17.2. The van der Waals surface area contributed by atoms with Gasteiger partial charge >= 0.3 is 5.51 Å². The molecule has 0 aromatic heterocycles. The lowest BCUT2D eigenvalue weighted by Crippen LogP contribution is -2.54. The van der Waals surface area contributed by atoms with E-state index in [0.29, 0.717) is 32.4 Å². The van der Waals surface area contributed by atoms with Crippen LogP contribution in [0.5, 0.6) is 0 Å². The molecule has 3 N–H and O–H groups in total. The van der Waals surface area contributed by atoms with E-state index in [1.165, 1.54) is 11.8 Å². The highest BCUT2D eigenvalue weighted by Crippen LogP contribution is 2.36. The zero-order valence-electron chi connectivity index (χ0n) is 23.2. The van der Waals surface area contributed by atoms with Crippen LogP contribution < -0.4 is 10.5 Å². The lowest BCUT2D eigenvalue weighted by atomic mass is 10.1. The number of alkyl halides is 3. The largest absolute Gasteiger partial charge is 0.501 e.